The molecule has 0 saturated heterocycles. The van der Waals surface area contributed by atoms with Crippen molar-refractivity contribution in [3.05, 3.63) is 35.9 Å². The summed E-state index contributed by atoms with van der Waals surface area (Å²) in [5.41, 5.74) is 0.326. The monoisotopic (exact) mass is 230 g/mol. The second-order valence-electron chi connectivity index (χ2n) is 3.27. The lowest BCUT2D eigenvalue weighted by Crippen LogP contribution is -2.15. The van der Waals surface area contributed by atoms with E-state index < -0.39 is 5.91 Å². The fourth-order valence-corrected chi connectivity index (χ4v) is 1.42. The second-order valence-corrected chi connectivity index (χ2v) is 3.27. The molecule has 0 aromatic carbocycles. The lowest BCUT2D eigenvalue weighted by molar-refractivity contribution is 0.0995. The van der Waals surface area contributed by atoms with Crippen molar-refractivity contribution in [2.45, 2.75) is 13.5 Å². The Morgan fingerprint density at radius 1 is 1.71 bits per heavy atom. The van der Waals surface area contributed by atoms with Crippen LogP contribution < -0.4 is 5.32 Å². The van der Waals surface area contributed by atoms with E-state index in [1.807, 2.05) is 13.0 Å². The van der Waals surface area contributed by atoms with Gasteiger partial charge < -0.3 is 9.73 Å². The van der Waals surface area contributed by atoms with Crippen molar-refractivity contribution in [3.63, 3.8) is 0 Å². The predicted molar refractivity (Wildman–Crippen MR) is 59.3 cm³/mol. The Balaban J connectivity index is 2.27. The van der Waals surface area contributed by atoms with Crippen molar-refractivity contribution >= 4 is 11.7 Å². The molecule has 2 aromatic rings. The van der Waals surface area contributed by atoms with Gasteiger partial charge in [0.2, 0.25) is 0 Å². The van der Waals surface area contributed by atoms with E-state index in [0.29, 0.717) is 17.9 Å². The van der Waals surface area contributed by atoms with Crippen molar-refractivity contribution in [1.29, 1.82) is 5.26 Å². The van der Waals surface area contributed by atoms with E-state index in [0.717, 1.165) is 0 Å². The molecule has 0 radical (unpaired) electrons. The first-order chi connectivity index (χ1) is 8.26. The number of nitrogens with zero attached hydrogens (tertiary/aromatic N) is 3. The molecule has 0 aliphatic carbocycles. The third-order valence-corrected chi connectivity index (χ3v) is 2.24. The number of furan rings is 1. The lowest BCUT2D eigenvalue weighted by Gasteiger charge is -2.05. The van der Waals surface area contributed by atoms with Gasteiger partial charge >= 0.3 is 0 Å². The van der Waals surface area contributed by atoms with Gasteiger partial charge in [-0.1, -0.05) is 0 Å². The average Bonchev–Trinajstić information content (AvgIpc) is 2.97. The van der Waals surface area contributed by atoms with Crippen LogP contribution in [0.5, 0.6) is 0 Å². The van der Waals surface area contributed by atoms with Crippen LogP contribution in [-0.4, -0.2) is 15.7 Å². The third-order valence-electron chi connectivity index (χ3n) is 2.24. The molecule has 86 valence electrons. The molecule has 1 amide bonds. The Morgan fingerprint density at radius 3 is 3.12 bits per heavy atom. The average molecular weight is 230 g/mol. The highest BCUT2D eigenvalue weighted by Crippen LogP contribution is 2.15. The van der Waals surface area contributed by atoms with Crippen molar-refractivity contribution in [2.75, 3.05) is 5.32 Å². The summed E-state index contributed by atoms with van der Waals surface area (Å²) in [5.74, 6) is 0.177. The molecule has 0 bridgehead atoms. The first kappa shape index (κ1) is 11.0. The van der Waals surface area contributed by atoms with E-state index in [1.54, 1.807) is 16.8 Å². The van der Waals surface area contributed by atoms with Gasteiger partial charge in [0, 0.05) is 6.54 Å². The number of anilines is 1. The molecule has 0 spiro atoms. The van der Waals surface area contributed by atoms with Gasteiger partial charge in [-0.2, -0.15) is 10.4 Å². The van der Waals surface area contributed by atoms with E-state index in [2.05, 4.69) is 10.4 Å². The van der Waals surface area contributed by atoms with Crippen LogP contribution in [0.15, 0.2) is 29.0 Å². The van der Waals surface area contributed by atoms with Crippen LogP contribution in [-0.2, 0) is 6.54 Å². The summed E-state index contributed by atoms with van der Waals surface area (Å²) in [6.45, 7) is 2.44. The van der Waals surface area contributed by atoms with Gasteiger partial charge in [0.25, 0.3) is 5.91 Å². The van der Waals surface area contributed by atoms with E-state index in [-0.39, 0.29) is 5.76 Å². The van der Waals surface area contributed by atoms with E-state index in [9.17, 15) is 4.79 Å². The number of aryl methyl sites for hydroxylation is 1. The van der Waals surface area contributed by atoms with Gasteiger partial charge in [-0.3, -0.25) is 4.79 Å². The summed E-state index contributed by atoms with van der Waals surface area (Å²) in [6, 6.07) is 5.14. The molecule has 2 aromatic heterocycles. The number of amides is 1. The van der Waals surface area contributed by atoms with E-state index in [4.69, 9.17) is 9.68 Å². The minimum atomic E-state index is -0.401. The summed E-state index contributed by atoms with van der Waals surface area (Å²) >= 11 is 0. The Morgan fingerprint density at radius 2 is 2.53 bits per heavy atom. The maximum Gasteiger partial charge on any atom is 0.292 e. The van der Waals surface area contributed by atoms with Gasteiger partial charge in [0.15, 0.2) is 5.76 Å². The Hall–Kier alpha value is -2.55. The number of hydrogen-bond donors (Lipinski definition) is 1. The zero-order valence-corrected chi connectivity index (χ0v) is 9.17. The molecule has 0 fully saturated rings. The standard InChI is InChI=1S/C11H10N4O2/c1-2-15-10(8(6-12)7-13-15)14-11(16)9-4-3-5-17-9/h3-5,7H,2H2,1H3,(H,14,16). The number of carbonyl (C=O) groups is 1. The van der Waals surface area contributed by atoms with E-state index >= 15 is 0 Å². The summed E-state index contributed by atoms with van der Waals surface area (Å²) in [7, 11) is 0. The van der Waals surface area contributed by atoms with Crippen molar-refractivity contribution < 1.29 is 9.21 Å². The highest BCUT2D eigenvalue weighted by Gasteiger charge is 2.15. The number of nitrogens with one attached hydrogen (secondary N) is 1. The van der Waals surface area contributed by atoms with Gasteiger partial charge in [-0.05, 0) is 19.1 Å². The molecule has 0 aliphatic rings. The molecule has 2 rings (SSSR count). The molecule has 0 atom stereocenters. The van der Waals surface area contributed by atoms with Gasteiger partial charge in [-0.15, -0.1) is 0 Å². The number of aromatic nitrogens is 2. The fraction of sp³-hybridized carbons (Fsp3) is 0.182. The van der Waals surface area contributed by atoms with Gasteiger partial charge in [-0.25, -0.2) is 4.68 Å². The van der Waals surface area contributed by atoms with Crippen LogP contribution >= 0.6 is 0 Å². The Labute approximate surface area is 97.5 Å². The zero-order valence-electron chi connectivity index (χ0n) is 9.17. The number of nitriles is 1. The van der Waals surface area contributed by atoms with Crippen molar-refractivity contribution in [3.8, 4) is 6.07 Å². The maximum absolute atomic E-state index is 11.8. The number of hydrogen-bond acceptors (Lipinski definition) is 4. The molecule has 0 saturated carbocycles. The minimum Gasteiger partial charge on any atom is -0.459 e. The highest BCUT2D eigenvalue weighted by atomic mass is 16.3. The third kappa shape index (κ3) is 2.03. The Kier molecular flexibility index (Phi) is 2.92. The second kappa shape index (κ2) is 4.53. The van der Waals surface area contributed by atoms with Crippen LogP contribution in [0.3, 0.4) is 0 Å². The number of rotatable bonds is 3. The lowest BCUT2D eigenvalue weighted by atomic mass is 10.3. The quantitative estimate of drug-likeness (QED) is 0.868. The summed E-state index contributed by atoms with van der Waals surface area (Å²) in [5, 5.41) is 15.5. The largest absolute Gasteiger partial charge is 0.459 e. The fourth-order valence-electron chi connectivity index (χ4n) is 1.42. The van der Waals surface area contributed by atoms with Crippen LogP contribution in [0.1, 0.15) is 23.0 Å². The maximum atomic E-state index is 11.8. The Bertz CT molecular complexity index is 563. The first-order valence-corrected chi connectivity index (χ1v) is 5.07. The molecule has 6 nitrogen and oxygen atoms in total. The summed E-state index contributed by atoms with van der Waals surface area (Å²) in [6.07, 6.45) is 2.83. The van der Waals surface area contributed by atoms with E-state index in [1.165, 1.54) is 12.5 Å². The minimum absolute atomic E-state index is 0.192. The van der Waals surface area contributed by atoms with Crippen LogP contribution in [0.4, 0.5) is 5.82 Å². The SMILES string of the molecule is CCn1ncc(C#N)c1NC(=O)c1ccco1. The molecule has 17 heavy (non-hydrogen) atoms. The summed E-state index contributed by atoms with van der Waals surface area (Å²) in [4.78, 5) is 11.8. The van der Waals surface area contributed by atoms with Crippen molar-refractivity contribution in [2.24, 2.45) is 0 Å². The first-order valence-electron chi connectivity index (χ1n) is 5.07. The molecule has 0 unspecified atom stereocenters. The molecule has 6 heteroatoms. The predicted octanol–water partition coefficient (Wildman–Crippen LogP) is 1.62. The zero-order chi connectivity index (χ0) is 12.3. The molecule has 2 heterocycles. The smallest absolute Gasteiger partial charge is 0.292 e. The van der Waals surface area contributed by atoms with Gasteiger partial charge in [0.05, 0.1) is 12.5 Å². The van der Waals surface area contributed by atoms with Gasteiger partial charge in [0.1, 0.15) is 17.5 Å². The molecular weight excluding hydrogens is 220 g/mol. The molecular formula is C11H10N4O2. The van der Waals surface area contributed by atoms with Crippen LogP contribution in [0.25, 0.3) is 0 Å². The van der Waals surface area contributed by atoms with Crippen molar-refractivity contribution in [1.82, 2.24) is 9.78 Å². The topological polar surface area (TPSA) is 83.9 Å². The normalized spacial score (nSPS) is 9.88. The molecule has 0 aliphatic heterocycles. The van der Waals surface area contributed by atoms with Crippen LogP contribution in [0, 0.1) is 11.3 Å². The van der Waals surface area contributed by atoms with Crippen LogP contribution in [0.2, 0.25) is 0 Å². The highest BCUT2D eigenvalue weighted by molar-refractivity contribution is 6.02. The number of carbonyl (C=O) groups excluding carboxylic acids is 1. The summed E-state index contributed by atoms with van der Waals surface area (Å²) < 4.78 is 6.51. The molecule has 1 N–H and O–H groups in total.